The molecule has 0 heterocycles. The maximum absolute atomic E-state index is 10.9. The molecule has 16 heavy (non-hydrogen) atoms. The van der Waals surface area contributed by atoms with Gasteiger partial charge in [-0.25, -0.2) is 0 Å². The standard InChI is InChI=1S/C12H17NO2S/c1-9(2)16-12(10(3)13(14)15)11-7-5-4-6-8-11/h4-10,12H,1-3H3/t10-,12-/m0/s1. The monoisotopic (exact) mass is 239 g/mol. The van der Waals surface area contributed by atoms with Crippen molar-refractivity contribution in [3.05, 3.63) is 46.0 Å². The molecule has 2 atom stereocenters. The highest BCUT2D eigenvalue weighted by Gasteiger charge is 2.29. The lowest BCUT2D eigenvalue weighted by molar-refractivity contribution is -0.518. The molecule has 4 heteroatoms. The topological polar surface area (TPSA) is 43.1 Å². The van der Waals surface area contributed by atoms with E-state index >= 15 is 0 Å². The largest absolute Gasteiger partial charge is 0.264 e. The van der Waals surface area contributed by atoms with Gasteiger partial charge in [0.25, 0.3) is 0 Å². The Morgan fingerprint density at radius 3 is 2.19 bits per heavy atom. The first-order valence-electron chi connectivity index (χ1n) is 5.36. The normalized spacial score (nSPS) is 14.8. The van der Waals surface area contributed by atoms with Gasteiger partial charge in [-0.05, 0) is 10.8 Å². The van der Waals surface area contributed by atoms with E-state index in [-0.39, 0.29) is 10.2 Å². The molecule has 0 bridgehead atoms. The molecule has 0 N–H and O–H groups in total. The third-order valence-electron chi connectivity index (χ3n) is 2.32. The van der Waals surface area contributed by atoms with Crippen LogP contribution in [0.1, 0.15) is 31.6 Å². The predicted molar refractivity (Wildman–Crippen MR) is 68.4 cm³/mol. The van der Waals surface area contributed by atoms with Crippen molar-refractivity contribution in [1.29, 1.82) is 0 Å². The van der Waals surface area contributed by atoms with Crippen molar-refractivity contribution in [2.45, 2.75) is 37.3 Å². The van der Waals surface area contributed by atoms with Crippen molar-refractivity contribution in [2.75, 3.05) is 0 Å². The lowest BCUT2D eigenvalue weighted by Gasteiger charge is -2.20. The predicted octanol–water partition coefficient (Wildman–Crippen LogP) is 3.53. The zero-order chi connectivity index (χ0) is 12.1. The van der Waals surface area contributed by atoms with Crippen LogP contribution in [0.15, 0.2) is 30.3 Å². The first kappa shape index (κ1) is 13.0. The maximum Gasteiger partial charge on any atom is 0.226 e. The minimum absolute atomic E-state index is 0.0730. The molecule has 0 fully saturated rings. The summed E-state index contributed by atoms with van der Waals surface area (Å²) in [5.41, 5.74) is 1.03. The highest BCUT2D eigenvalue weighted by molar-refractivity contribution is 8.00. The number of thioether (sulfide) groups is 1. The molecule has 3 nitrogen and oxygen atoms in total. The summed E-state index contributed by atoms with van der Waals surface area (Å²) in [4.78, 5) is 10.7. The van der Waals surface area contributed by atoms with E-state index in [0.29, 0.717) is 5.25 Å². The second-order valence-corrected chi connectivity index (χ2v) is 5.76. The Morgan fingerprint density at radius 1 is 1.19 bits per heavy atom. The van der Waals surface area contributed by atoms with Gasteiger partial charge in [0.1, 0.15) is 0 Å². The van der Waals surface area contributed by atoms with Gasteiger partial charge in [-0.15, -0.1) is 11.8 Å². The molecule has 0 aliphatic carbocycles. The summed E-state index contributed by atoms with van der Waals surface area (Å²) in [5.74, 6) is 0. The highest BCUT2D eigenvalue weighted by atomic mass is 32.2. The zero-order valence-corrected chi connectivity index (χ0v) is 10.6. The van der Waals surface area contributed by atoms with Crippen LogP contribution in [0.3, 0.4) is 0 Å². The first-order chi connectivity index (χ1) is 7.52. The Kier molecular flexibility index (Phi) is 4.80. The van der Waals surface area contributed by atoms with Crippen molar-refractivity contribution >= 4 is 11.8 Å². The number of benzene rings is 1. The van der Waals surface area contributed by atoms with E-state index < -0.39 is 6.04 Å². The van der Waals surface area contributed by atoms with Crippen molar-refractivity contribution in [1.82, 2.24) is 0 Å². The summed E-state index contributed by atoms with van der Waals surface area (Å²) >= 11 is 1.65. The van der Waals surface area contributed by atoms with Gasteiger partial charge < -0.3 is 0 Å². The van der Waals surface area contributed by atoms with E-state index in [4.69, 9.17) is 0 Å². The molecular weight excluding hydrogens is 222 g/mol. The minimum atomic E-state index is -0.560. The first-order valence-corrected chi connectivity index (χ1v) is 6.30. The van der Waals surface area contributed by atoms with Crippen LogP contribution in [-0.2, 0) is 0 Å². The Balaban J connectivity index is 2.92. The SMILES string of the molecule is CC(C)S[C@H](c1ccccc1)[C@H](C)[N+](=O)[O-]. The fourth-order valence-electron chi connectivity index (χ4n) is 1.52. The molecule has 0 saturated carbocycles. The Labute approximate surface area is 100 Å². The van der Waals surface area contributed by atoms with Gasteiger partial charge in [0.2, 0.25) is 6.04 Å². The minimum Gasteiger partial charge on any atom is -0.264 e. The fraction of sp³-hybridized carbons (Fsp3) is 0.500. The summed E-state index contributed by atoms with van der Waals surface area (Å²) in [6, 6.07) is 9.14. The number of rotatable bonds is 5. The zero-order valence-electron chi connectivity index (χ0n) is 9.79. The molecule has 0 unspecified atom stereocenters. The summed E-state index contributed by atoms with van der Waals surface area (Å²) in [5, 5.41) is 11.2. The van der Waals surface area contributed by atoms with Gasteiger partial charge in [0.15, 0.2) is 0 Å². The Hall–Kier alpha value is -1.03. The lowest BCUT2D eigenvalue weighted by atomic mass is 10.1. The Bertz CT molecular complexity index is 340. The fourth-order valence-corrected chi connectivity index (χ4v) is 2.74. The summed E-state index contributed by atoms with van der Waals surface area (Å²) in [6.45, 7) is 5.80. The van der Waals surface area contributed by atoms with Crippen molar-refractivity contribution in [3.8, 4) is 0 Å². The average molecular weight is 239 g/mol. The van der Waals surface area contributed by atoms with Gasteiger partial charge in [0.05, 0.1) is 5.25 Å². The quantitative estimate of drug-likeness (QED) is 0.583. The summed E-state index contributed by atoms with van der Waals surface area (Å²) < 4.78 is 0. The van der Waals surface area contributed by atoms with Crippen LogP contribution in [0.25, 0.3) is 0 Å². The number of hydrogen-bond donors (Lipinski definition) is 0. The number of hydrogen-bond acceptors (Lipinski definition) is 3. The third-order valence-corrected chi connectivity index (χ3v) is 3.82. The Morgan fingerprint density at radius 2 is 1.75 bits per heavy atom. The van der Waals surface area contributed by atoms with E-state index in [9.17, 15) is 10.1 Å². The molecule has 0 aromatic heterocycles. The maximum atomic E-state index is 10.9. The average Bonchev–Trinajstić information content (AvgIpc) is 2.26. The second kappa shape index (κ2) is 5.89. The van der Waals surface area contributed by atoms with Crippen LogP contribution >= 0.6 is 11.8 Å². The van der Waals surface area contributed by atoms with Gasteiger partial charge in [-0.2, -0.15) is 0 Å². The smallest absolute Gasteiger partial charge is 0.226 e. The van der Waals surface area contributed by atoms with Gasteiger partial charge in [0, 0.05) is 11.8 Å². The van der Waals surface area contributed by atoms with E-state index in [1.807, 2.05) is 30.3 Å². The van der Waals surface area contributed by atoms with E-state index in [1.165, 1.54) is 0 Å². The molecule has 0 spiro atoms. The molecule has 0 saturated heterocycles. The highest BCUT2D eigenvalue weighted by Crippen LogP contribution is 2.35. The van der Waals surface area contributed by atoms with Gasteiger partial charge in [-0.3, -0.25) is 10.1 Å². The van der Waals surface area contributed by atoms with Crippen LogP contribution in [0.5, 0.6) is 0 Å². The van der Waals surface area contributed by atoms with E-state index in [1.54, 1.807) is 18.7 Å². The molecule has 0 aliphatic rings. The van der Waals surface area contributed by atoms with Crippen LogP contribution in [0, 0.1) is 10.1 Å². The van der Waals surface area contributed by atoms with Crippen molar-refractivity contribution < 1.29 is 4.92 Å². The molecule has 1 aromatic carbocycles. The van der Waals surface area contributed by atoms with Crippen LogP contribution in [-0.4, -0.2) is 16.2 Å². The lowest BCUT2D eigenvalue weighted by Crippen LogP contribution is -2.23. The number of nitro groups is 1. The van der Waals surface area contributed by atoms with Crippen LogP contribution < -0.4 is 0 Å². The summed E-state index contributed by atoms with van der Waals surface area (Å²) in [6.07, 6.45) is 0. The number of nitrogens with zero attached hydrogens (tertiary/aromatic N) is 1. The van der Waals surface area contributed by atoms with Crippen molar-refractivity contribution in [2.24, 2.45) is 0 Å². The van der Waals surface area contributed by atoms with Crippen LogP contribution in [0.2, 0.25) is 0 Å². The molecular formula is C12H17NO2S. The second-order valence-electron chi connectivity index (χ2n) is 4.04. The van der Waals surface area contributed by atoms with Crippen LogP contribution in [0.4, 0.5) is 0 Å². The van der Waals surface area contributed by atoms with E-state index in [2.05, 4.69) is 13.8 Å². The summed E-state index contributed by atoms with van der Waals surface area (Å²) in [7, 11) is 0. The molecule has 0 aliphatic heterocycles. The van der Waals surface area contributed by atoms with E-state index in [0.717, 1.165) is 5.56 Å². The van der Waals surface area contributed by atoms with Gasteiger partial charge >= 0.3 is 0 Å². The molecule has 1 rings (SSSR count). The molecule has 88 valence electrons. The molecule has 0 amide bonds. The molecule has 0 radical (unpaired) electrons. The third kappa shape index (κ3) is 3.52. The van der Waals surface area contributed by atoms with Gasteiger partial charge in [-0.1, -0.05) is 44.2 Å². The molecule has 1 aromatic rings. The van der Waals surface area contributed by atoms with Crippen molar-refractivity contribution in [3.63, 3.8) is 0 Å².